The molecule has 26 heavy (non-hydrogen) atoms. The molecular weight excluding hydrogens is 324 g/mol. The van der Waals surface area contributed by atoms with Crippen LogP contribution in [-0.4, -0.2) is 24.2 Å². The molecule has 0 spiro atoms. The number of hydrogen-bond donors (Lipinski definition) is 0. The van der Waals surface area contributed by atoms with E-state index in [4.69, 9.17) is 9.47 Å². The molecule has 4 rings (SSSR count). The number of pyridine rings is 2. The number of benzene rings is 2. The average Bonchev–Trinajstić information content (AvgIpc) is 2.73. The molecule has 0 bridgehead atoms. The second-order valence-corrected chi connectivity index (χ2v) is 5.84. The van der Waals surface area contributed by atoms with E-state index < -0.39 is 0 Å². The number of rotatable bonds is 4. The van der Waals surface area contributed by atoms with E-state index in [1.165, 1.54) is 0 Å². The molecule has 4 heteroatoms. The van der Waals surface area contributed by atoms with E-state index in [2.05, 4.69) is 9.97 Å². The van der Waals surface area contributed by atoms with Crippen molar-refractivity contribution in [3.8, 4) is 34.0 Å². The minimum atomic E-state index is 0.766. The highest BCUT2D eigenvalue weighted by Gasteiger charge is 2.17. The monoisotopic (exact) mass is 342 g/mol. The molecule has 0 saturated carbocycles. The summed E-state index contributed by atoms with van der Waals surface area (Å²) in [4.78, 5) is 9.05. The molecule has 2 aromatic heterocycles. The standard InChI is InChI=1S/C22H18N2O2/c1-25-15-9-10-16-17(13-15)18(19-7-3-5-11-23-19)14-21(26-2)22(16)20-8-4-6-12-24-20/h3-14H,1-2H3. The second-order valence-electron chi connectivity index (χ2n) is 5.84. The van der Waals surface area contributed by atoms with E-state index in [1.54, 1.807) is 26.6 Å². The Hall–Kier alpha value is -3.40. The Morgan fingerprint density at radius 2 is 1.42 bits per heavy atom. The van der Waals surface area contributed by atoms with E-state index in [9.17, 15) is 0 Å². The van der Waals surface area contributed by atoms with Crippen molar-refractivity contribution in [1.29, 1.82) is 0 Å². The first-order chi connectivity index (χ1) is 12.8. The molecule has 0 fully saturated rings. The normalized spacial score (nSPS) is 10.7. The zero-order chi connectivity index (χ0) is 17.9. The van der Waals surface area contributed by atoms with Gasteiger partial charge < -0.3 is 9.47 Å². The van der Waals surface area contributed by atoms with Gasteiger partial charge in [0.15, 0.2) is 0 Å². The smallest absolute Gasteiger partial charge is 0.129 e. The van der Waals surface area contributed by atoms with Crippen molar-refractivity contribution in [1.82, 2.24) is 9.97 Å². The van der Waals surface area contributed by atoms with Crippen LogP contribution in [0, 0.1) is 0 Å². The fraction of sp³-hybridized carbons (Fsp3) is 0.0909. The third-order valence-electron chi connectivity index (χ3n) is 4.39. The summed E-state index contributed by atoms with van der Waals surface area (Å²) in [7, 11) is 3.35. The van der Waals surface area contributed by atoms with Gasteiger partial charge in [-0.05, 0) is 59.3 Å². The van der Waals surface area contributed by atoms with Crippen LogP contribution in [0.25, 0.3) is 33.3 Å². The third kappa shape index (κ3) is 2.75. The van der Waals surface area contributed by atoms with Crippen LogP contribution >= 0.6 is 0 Å². The Labute approximate surface area is 152 Å². The number of methoxy groups -OCH3 is 2. The average molecular weight is 342 g/mol. The molecule has 0 unspecified atom stereocenters. The quantitative estimate of drug-likeness (QED) is 0.524. The van der Waals surface area contributed by atoms with E-state index in [-0.39, 0.29) is 0 Å². The summed E-state index contributed by atoms with van der Waals surface area (Å²) in [5, 5.41) is 2.09. The predicted molar refractivity (Wildman–Crippen MR) is 104 cm³/mol. The molecule has 4 nitrogen and oxygen atoms in total. The van der Waals surface area contributed by atoms with Crippen LogP contribution < -0.4 is 9.47 Å². The molecule has 0 amide bonds. The van der Waals surface area contributed by atoms with E-state index in [0.717, 1.165) is 44.8 Å². The Bertz CT molecular complexity index is 1050. The van der Waals surface area contributed by atoms with Gasteiger partial charge in [-0.15, -0.1) is 0 Å². The minimum Gasteiger partial charge on any atom is -0.497 e. The summed E-state index contributed by atoms with van der Waals surface area (Å²) in [6.07, 6.45) is 3.58. The van der Waals surface area contributed by atoms with Gasteiger partial charge in [-0.1, -0.05) is 12.1 Å². The number of hydrogen-bond acceptors (Lipinski definition) is 4. The number of fused-ring (bicyclic) bond motifs is 1. The van der Waals surface area contributed by atoms with Crippen molar-refractivity contribution in [2.24, 2.45) is 0 Å². The SMILES string of the molecule is COc1ccc2c(-c3ccccn3)c(OC)cc(-c3ccccn3)c2c1. The lowest BCUT2D eigenvalue weighted by molar-refractivity contribution is 0.415. The van der Waals surface area contributed by atoms with Crippen molar-refractivity contribution >= 4 is 10.8 Å². The van der Waals surface area contributed by atoms with Crippen LogP contribution in [0.15, 0.2) is 73.1 Å². The number of aromatic nitrogens is 2. The Kier molecular flexibility index (Phi) is 4.23. The summed E-state index contributed by atoms with van der Waals surface area (Å²) in [5.74, 6) is 1.56. The molecule has 2 heterocycles. The molecule has 0 atom stereocenters. The predicted octanol–water partition coefficient (Wildman–Crippen LogP) is 4.98. The van der Waals surface area contributed by atoms with Crippen molar-refractivity contribution in [3.63, 3.8) is 0 Å². The van der Waals surface area contributed by atoms with Crippen LogP contribution in [0.2, 0.25) is 0 Å². The fourth-order valence-electron chi connectivity index (χ4n) is 3.17. The van der Waals surface area contributed by atoms with Crippen molar-refractivity contribution in [3.05, 3.63) is 73.1 Å². The van der Waals surface area contributed by atoms with Crippen molar-refractivity contribution in [2.45, 2.75) is 0 Å². The molecular formula is C22H18N2O2. The largest absolute Gasteiger partial charge is 0.497 e. The first kappa shape index (κ1) is 16.1. The van der Waals surface area contributed by atoms with Crippen molar-refractivity contribution in [2.75, 3.05) is 14.2 Å². The van der Waals surface area contributed by atoms with Gasteiger partial charge >= 0.3 is 0 Å². The fourth-order valence-corrected chi connectivity index (χ4v) is 3.17. The minimum absolute atomic E-state index is 0.766. The third-order valence-corrected chi connectivity index (χ3v) is 4.39. The lowest BCUT2D eigenvalue weighted by Gasteiger charge is -2.16. The summed E-state index contributed by atoms with van der Waals surface area (Å²) in [6, 6.07) is 19.8. The maximum Gasteiger partial charge on any atom is 0.129 e. The van der Waals surface area contributed by atoms with Gasteiger partial charge in [-0.3, -0.25) is 9.97 Å². The van der Waals surface area contributed by atoms with Gasteiger partial charge in [-0.2, -0.15) is 0 Å². The first-order valence-electron chi connectivity index (χ1n) is 8.33. The summed E-state index contributed by atoms with van der Waals surface area (Å²) in [6.45, 7) is 0. The summed E-state index contributed by atoms with van der Waals surface area (Å²) < 4.78 is 11.2. The van der Waals surface area contributed by atoms with Crippen LogP contribution in [0.5, 0.6) is 11.5 Å². The van der Waals surface area contributed by atoms with Crippen LogP contribution in [0.4, 0.5) is 0 Å². The van der Waals surface area contributed by atoms with Gasteiger partial charge in [0.1, 0.15) is 11.5 Å². The second kappa shape index (κ2) is 6.84. The maximum absolute atomic E-state index is 5.73. The van der Waals surface area contributed by atoms with Gasteiger partial charge in [-0.25, -0.2) is 0 Å². The zero-order valence-electron chi connectivity index (χ0n) is 14.6. The maximum atomic E-state index is 5.73. The van der Waals surface area contributed by atoms with Crippen LogP contribution in [-0.2, 0) is 0 Å². The molecule has 128 valence electrons. The Morgan fingerprint density at radius 1 is 0.692 bits per heavy atom. The molecule has 0 N–H and O–H groups in total. The van der Waals surface area contributed by atoms with Crippen LogP contribution in [0.1, 0.15) is 0 Å². The zero-order valence-corrected chi connectivity index (χ0v) is 14.6. The van der Waals surface area contributed by atoms with Gasteiger partial charge in [0.2, 0.25) is 0 Å². The van der Waals surface area contributed by atoms with E-state index >= 15 is 0 Å². The van der Waals surface area contributed by atoms with Gasteiger partial charge in [0, 0.05) is 18.0 Å². The molecule has 4 aromatic rings. The molecule has 2 aromatic carbocycles. The molecule has 0 radical (unpaired) electrons. The molecule has 0 saturated heterocycles. The van der Waals surface area contributed by atoms with E-state index in [0.29, 0.717) is 0 Å². The Morgan fingerprint density at radius 3 is 2.04 bits per heavy atom. The summed E-state index contributed by atoms with van der Waals surface area (Å²) in [5.41, 5.74) is 3.71. The van der Waals surface area contributed by atoms with Crippen LogP contribution in [0.3, 0.4) is 0 Å². The molecule has 0 aliphatic heterocycles. The topological polar surface area (TPSA) is 44.2 Å². The van der Waals surface area contributed by atoms with E-state index in [1.807, 2.05) is 60.7 Å². The highest BCUT2D eigenvalue weighted by atomic mass is 16.5. The number of nitrogens with zero attached hydrogens (tertiary/aromatic N) is 2. The lowest BCUT2D eigenvalue weighted by Crippen LogP contribution is -1.95. The first-order valence-corrected chi connectivity index (χ1v) is 8.33. The Balaban J connectivity index is 2.11. The van der Waals surface area contributed by atoms with Gasteiger partial charge in [0.05, 0.1) is 31.2 Å². The molecule has 0 aliphatic carbocycles. The van der Waals surface area contributed by atoms with Gasteiger partial charge in [0.25, 0.3) is 0 Å². The lowest BCUT2D eigenvalue weighted by atomic mass is 9.94. The highest BCUT2D eigenvalue weighted by Crippen LogP contribution is 2.42. The number of ether oxygens (including phenoxy) is 2. The highest BCUT2D eigenvalue weighted by molar-refractivity contribution is 6.07. The van der Waals surface area contributed by atoms with Crippen molar-refractivity contribution < 1.29 is 9.47 Å². The summed E-state index contributed by atoms with van der Waals surface area (Å²) >= 11 is 0. The molecule has 0 aliphatic rings.